The monoisotopic (exact) mass is 2490 g/mol. The van der Waals surface area contributed by atoms with Gasteiger partial charge in [-0.25, -0.2) is 0 Å². The van der Waals surface area contributed by atoms with Crippen LogP contribution in [-0.4, -0.2) is 304 Å². The summed E-state index contributed by atoms with van der Waals surface area (Å²) < 4.78 is 114. The summed E-state index contributed by atoms with van der Waals surface area (Å²) in [6.07, 6.45) is 14.2. The Morgan fingerprint density at radius 3 is 0.359 bits per heavy atom. The van der Waals surface area contributed by atoms with E-state index in [4.69, 9.17) is 70.0 Å². The summed E-state index contributed by atoms with van der Waals surface area (Å²) in [5.41, 5.74) is -1.97. The summed E-state index contributed by atoms with van der Waals surface area (Å²) in [5.74, 6) is 0. The van der Waals surface area contributed by atoms with Crippen molar-refractivity contribution in [3.8, 4) is 0 Å². The standard InChI is InChI=1S/C27H72O8Si8.C24H62O6Si6.C23H60O6Si6.C21H54O5Si5/c1-36(2,3)30-42(31-37(4,5)6,32-38(7,8)9)23-19-21-27(25-28,26-29)22-20-24-43(33-39(10,11)12,34-40(13,14)15)35-41(16,17)18;1-31(2,3)27-35(13,28-32(4,5)6)20-16-15-18-24(22-25,23-26)19-17-21-36(14,29-33(7,8)9)30-34(10,11)12;1-30(2,3)26-34(13,27-31(4,5)6)19-15-17-23(21-24,22-25)18-16-20-35(14,28-32(7,8)9)29-33(10,11)12;1-27(2,3)24-30(10,11)17-13-15-21(19-22,20-23)16-14-18-31(12,25-28(4,5)6)26-29(7,8)9/h28-29H,19-26H2,1-18H3;25-26H,15-23H2,1-14H3;24-25H,15-22H2,1-14H3;22-23H,13-20H2,1-12H3. The van der Waals surface area contributed by atoms with Crippen LogP contribution in [-0.2, 0) is 70.0 Å². The van der Waals surface area contributed by atoms with Crippen LogP contribution in [0.4, 0.5) is 0 Å². The van der Waals surface area contributed by atoms with Crippen molar-refractivity contribution >= 4 is 210 Å². The van der Waals surface area contributed by atoms with E-state index < -0.39 is 232 Å². The number of unbranched alkanes of at least 4 members (excludes halogenated alkanes) is 1. The average molecular weight is 2490 g/mol. The Kier molecular flexibility index (Phi) is 66.4. The van der Waals surface area contributed by atoms with Gasteiger partial charge in [0.2, 0.25) is 0 Å². The third-order valence-corrected chi connectivity index (χ3v) is 100. The lowest BCUT2D eigenvalue weighted by Gasteiger charge is -2.44. The van der Waals surface area contributed by atoms with Crippen LogP contribution in [0.3, 0.4) is 0 Å². The van der Waals surface area contributed by atoms with Crippen LogP contribution in [0.2, 0.25) is 428 Å². The predicted octanol–water partition coefficient (Wildman–Crippen LogP) is 29.4. The highest BCUT2D eigenvalue weighted by molar-refractivity contribution is 6.94. The van der Waals surface area contributed by atoms with E-state index in [-0.39, 0.29) is 52.9 Å². The Hall–Kier alpha value is 4.42. The zero-order valence-corrected chi connectivity index (χ0v) is 131. The van der Waals surface area contributed by atoms with Gasteiger partial charge in [-0.2, -0.15) is 0 Å². The third kappa shape index (κ3) is 83.3. The van der Waals surface area contributed by atoms with Gasteiger partial charge in [-0.15, -0.1) is 0 Å². The fourth-order valence-corrected chi connectivity index (χ4v) is 120. The number of aliphatic hydroxyl groups is 8. The van der Waals surface area contributed by atoms with E-state index in [0.29, 0.717) is 24.9 Å². The number of hydrogen-bond acceptors (Lipinski definition) is 25. The van der Waals surface area contributed by atoms with Crippen LogP contribution in [0, 0.1) is 21.7 Å². The molecule has 50 heteroatoms. The molecule has 0 fully saturated rings. The van der Waals surface area contributed by atoms with Gasteiger partial charge in [-0.05, 0) is 480 Å². The van der Waals surface area contributed by atoms with E-state index in [1.54, 1.807) is 0 Å². The first kappa shape index (κ1) is 156. The quantitative estimate of drug-likeness (QED) is 0.0207. The normalized spacial score (nSPS) is 15.1. The first-order valence-electron chi connectivity index (χ1n) is 55.5. The lowest BCUT2D eigenvalue weighted by Crippen LogP contribution is -2.60. The molecule has 0 aliphatic rings. The van der Waals surface area contributed by atoms with Crippen LogP contribution in [0.25, 0.3) is 0 Å². The molecule has 0 spiro atoms. The summed E-state index contributed by atoms with van der Waals surface area (Å²) in [4.78, 5) is 0. The summed E-state index contributed by atoms with van der Waals surface area (Å²) in [6, 6.07) is 7.05. The van der Waals surface area contributed by atoms with Crippen LogP contribution in [0.1, 0.15) is 109 Å². The molecular formula is C95H248O25Si25. The topological polar surface area (TPSA) is 319 Å². The molecule has 0 aromatic heterocycles. The molecule has 0 heterocycles. The minimum absolute atomic E-state index is 0.00640. The largest absolute Gasteiger partial charge is 0.469 e. The van der Waals surface area contributed by atoms with Gasteiger partial charge >= 0.3 is 60.4 Å². The SMILES string of the molecule is C[Si](C)(C)O[Si](C)(C)CCCC(CO)(CO)CCC[Si](C)(O[Si](C)(C)C)O[Si](C)(C)C.C[Si](C)(C)O[Si](C)(CCCC(CO)(CO)CCC[Si](C)(O[Si](C)(C)C)O[Si](C)(C)C)O[Si](C)(C)C.C[Si](C)(C)O[Si](C)(CCCCC(CO)(CO)CCC[Si](C)(O[Si](C)(C)C)O[Si](C)(C)C)O[Si](C)(C)C.C[Si](C)(C)O[Si](CCCC(CO)(CO)CCC[Si](O[Si](C)(C)C)(O[Si](C)(C)C)O[Si](C)(C)C)(O[Si](C)(C)C)O[Si](C)(C)C. The Labute approximate surface area is 924 Å². The second-order valence-electron chi connectivity index (χ2n) is 60.9. The van der Waals surface area contributed by atoms with Crippen molar-refractivity contribution < 1.29 is 111 Å². The highest BCUT2D eigenvalue weighted by Crippen LogP contribution is 2.44. The molecule has 0 unspecified atom stereocenters. The highest BCUT2D eigenvalue weighted by Gasteiger charge is 2.55. The maximum atomic E-state index is 10.7. The molecule has 8 N–H and O–H groups in total. The molecule has 145 heavy (non-hydrogen) atoms. The fraction of sp³-hybridized carbons (Fsp3) is 1.00. The van der Waals surface area contributed by atoms with Gasteiger partial charge in [0.15, 0.2) is 150 Å². The Morgan fingerprint density at radius 1 is 0.124 bits per heavy atom. The molecule has 0 aromatic carbocycles. The molecule has 0 atom stereocenters. The molecule has 0 aromatic rings. The van der Waals surface area contributed by atoms with Gasteiger partial charge in [0, 0.05) is 33.7 Å². The van der Waals surface area contributed by atoms with Crippen molar-refractivity contribution in [2.75, 3.05) is 52.9 Å². The van der Waals surface area contributed by atoms with E-state index in [1.165, 1.54) is 0 Å². The molecule has 878 valence electrons. The van der Waals surface area contributed by atoms with Crippen LogP contribution in [0.15, 0.2) is 0 Å². The highest BCUT2D eigenvalue weighted by atomic mass is 28.5. The zero-order chi connectivity index (χ0) is 116. The number of rotatable bonds is 75. The van der Waals surface area contributed by atoms with Crippen molar-refractivity contribution in [1.29, 1.82) is 0 Å². The van der Waals surface area contributed by atoms with E-state index in [2.05, 4.69) is 380 Å². The summed E-state index contributed by atoms with van der Waals surface area (Å²) in [7, 11) is -49.9. The van der Waals surface area contributed by atoms with Gasteiger partial charge in [0.1, 0.15) is 0 Å². The van der Waals surface area contributed by atoms with Gasteiger partial charge in [0.25, 0.3) is 0 Å². The second-order valence-corrected chi connectivity index (χ2v) is 168. The molecule has 0 aliphatic heterocycles. The molecule has 0 radical (unpaired) electrons. The molecule has 0 saturated heterocycles. The molecule has 0 rings (SSSR count). The maximum Gasteiger partial charge on any atom is 0.469 e. The van der Waals surface area contributed by atoms with E-state index >= 15 is 0 Å². The fourth-order valence-electron chi connectivity index (χ4n) is 19.5. The molecule has 0 bridgehead atoms. The Bertz CT molecular complexity index is 3200. The van der Waals surface area contributed by atoms with Crippen molar-refractivity contribution in [1.82, 2.24) is 0 Å². The van der Waals surface area contributed by atoms with Crippen LogP contribution in [0.5, 0.6) is 0 Å². The molecule has 0 amide bonds. The van der Waals surface area contributed by atoms with Crippen LogP contribution >= 0.6 is 0 Å². The number of aliphatic hydroxyl groups excluding tert-OH is 8. The smallest absolute Gasteiger partial charge is 0.456 e. The van der Waals surface area contributed by atoms with Gasteiger partial charge in [-0.3, -0.25) is 0 Å². The van der Waals surface area contributed by atoms with Crippen molar-refractivity contribution in [3.05, 3.63) is 0 Å². The van der Waals surface area contributed by atoms with Gasteiger partial charge in [-0.1, -0.05) is 44.9 Å². The minimum Gasteiger partial charge on any atom is -0.456 e. The van der Waals surface area contributed by atoms with E-state index in [0.717, 1.165) is 133 Å². The van der Waals surface area contributed by atoms with Crippen molar-refractivity contribution in [3.63, 3.8) is 0 Å². The van der Waals surface area contributed by atoms with Gasteiger partial charge < -0.3 is 111 Å². The zero-order valence-electron chi connectivity index (χ0n) is 106. The lowest BCUT2D eigenvalue weighted by atomic mass is 9.80. The maximum absolute atomic E-state index is 10.7. The summed E-state index contributed by atoms with van der Waals surface area (Å²) in [6.45, 7) is 129. The third-order valence-electron chi connectivity index (χ3n) is 22.1. The lowest BCUT2D eigenvalue weighted by molar-refractivity contribution is 0.0368. The summed E-state index contributed by atoms with van der Waals surface area (Å²) in [5, 5.41) is 83.0. The summed E-state index contributed by atoms with van der Waals surface area (Å²) >= 11 is 0. The second kappa shape index (κ2) is 61.8. The predicted molar refractivity (Wildman–Crippen MR) is 686 cm³/mol. The first-order valence-corrected chi connectivity index (χ1v) is 133. The molecule has 0 saturated carbocycles. The minimum atomic E-state index is -2.99. The van der Waals surface area contributed by atoms with Gasteiger partial charge in [0.05, 0.1) is 52.9 Å². The van der Waals surface area contributed by atoms with Crippen LogP contribution < -0.4 is 0 Å². The van der Waals surface area contributed by atoms with Crippen molar-refractivity contribution in [2.45, 2.75) is 537 Å². The molecule has 25 nitrogen and oxygen atoms in total. The van der Waals surface area contributed by atoms with Crippen molar-refractivity contribution in [2.24, 2.45) is 21.7 Å². The number of hydrogen-bond donors (Lipinski definition) is 8. The first-order chi connectivity index (χ1) is 63.7. The molecule has 0 aliphatic carbocycles. The average Bonchev–Trinajstić information content (AvgIpc) is 0.797. The Balaban J connectivity index is -0.000000920. The van der Waals surface area contributed by atoms with E-state index in [1.807, 2.05) is 0 Å². The van der Waals surface area contributed by atoms with E-state index in [9.17, 15) is 40.9 Å². The Morgan fingerprint density at radius 2 is 0.234 bits per heavy atom. The molecular weight excluding hydrogens is 2240 g/mol.